The van der Waals surface area contributed by atoms with Gasteiger partial charge in [-0.1, -0.05) is 0 Å². The molecule has 2 aliphatic rings. The smallest absolute Gasteiger partial charge is 0.252 e. The van der Waals surface area contributed by atoms with Crippen molar-refractivity contribution in [1.29, 1.82) is 0 Å². The molecule has 1 aliphatic carbocycles. The molecule has 1 saturated carbocycles. The van der Waals surface area contributed by atoms with Crippen LogP contribution in [0, 0.1) is 0 Å². The maximum atomic E-state index is 12.2. The Balaban J connectivity index is 1.47. The highest BCUT2D eigenvalue weighted by molar-refractivity contribution is 5.93. The summed E-state index contributed by atoms with van der Waals surface area (Å²) in [5.41, 5.74) is 0.549. The van der Waals surface area contributed by atoms with Gasteiger partial charge in [0.1, 0.15) is 6.10 Å². The fourth-order valence-corrected chi connectivity index (χ4v) is 3.06. The van der Waals surface area contributed by atoms with Crippen molar-refractivity contribution >= 4 is 5.91 Å². The second-order valence-corrected chi connectivity index (χ2v) is 6.37. The van der Waals surface area contributed by atoms with Crippen molar-refractivity contribution in [3.63, 3.8) is 0 Å². The predicted octanol–water partition coefficient (Wildman–Crippen LogP) is 1.46. The molecule has 6 heteroatoms. The maximum absolute atomic E-state index is 12.2. The van der Waals surface area contributed by atoms with Crippen LogP contribution in [0.25, 0.3) is 0 Å². The molecule has 1 unspecified atom stereocenters. The number of pyridine rings is 1. The van der Waals surface area contributed by atoms with E-state index in [0.717, 1.165) is 25.9 Å². The summed E-state index contributed by atoms with van der Waals surface area (Å²) in [4.78, 5) is 18.6. The first kappa shape index (κ1) is 16.2. The van der Waals surface area contributed by atoms with Crippen LogP contribution in [0.5, 0.6) is 5.88 Å². The highest BCUT2D eigenvalue weighted by Crippen LogP contribution is 2.22. The fourth-order valence-electron chi connectivity index (χ4n) is 3.06. The molecule has 1 aromatic heterocycles. The number of amides is 1. The molecule has 0 radical (unpaired) electrons. The van der Waals surface area contributed by atoms with Crippen molar-refractivity contribution in [2.45, 2.75) is 37.9 Å². The summed E-state index contributed by atoms with van der Waals surface area (Å²) in [6, 6.07) is 3.54. The van der Waals surface area contributed by atoms with E-state index in [0.29, 0.717) is 24.6 Å². The zero-order valence-electron chi connectivity index (χ0n) is 13.7. The minimum absolute atomic E-state index is 0.0515. The minimum atomic E-state index is -0.123. The number of aromatic nitrogens is 1. The molecule has 1 saturated heterocycles. The lowest BCUT2D eigenvalue weighted by atomic mass is 10.2. The highest BCUT2D eigenvalue weighted by Gasteiger charge is 2.19. The number of carbonyl (C=O) groups excluding carboxylic acids is 1. The van der Waals surface area contributed by atoms with E-state index in [4.69, 9.17) is 9.47 Å². The molecule has 1 atom stereocenters. The molecule has 0 bridgehead atoms. The van der Waals surface area contributed by atoms with Crippen LogP contribution in [0.4, 0.5) is 0 Å². The normalized spacial score (nSPS) is 22.9. The Labute approximate surface area is 137 Å². The zero-order valence-corrected chi connectivity index (χ0v) is 13.7. The van der Waals surface area contributed by atoms with Gasteiger partial charge in [0.2, 0.25) is 5.88 Å². The van der Waals surface area contributed by atoms with Gasteiger partial charge in [-0.05, 0) is 38.8 Å². The molecule has 0 aromatic carbocycles. The molecule has 126 valence electrons. The highest BCUT2D eigenvalue weighted by atomic mass is 16.5. The Morgan fingerprint density at radius 1 is 1.43 bits per heavy atom. The second-order valence-electron chi connectivity index (χ2n) is 6.37. The molecule has 0 spiro atoms. The summed E-state index contributed by atoms with van der Waals surface area (Å²) in [5.74, 6) is 0.479. The lowest BCUT2D eigenvalue weighted by molar-refractivity contribution is -0.0175. The maximum Gasteiger partial charge on any atom is 0.252 e. The van der Waals surface area contributed by atoms with Crippen LogP contribution in [0.3, 0.4) is 0 Å². The van der Waals surface area contributed by atoms with Crippen LogP contribution < -0.4 is 10.1 Å². The van der Waals surface area contributed by atoms with Crippen molar-refractivity contribution in [2.24, 2.45) is 0 Å². The molecule has 3 rings (SSSR count). The molecular weight excluding hydrogens is 294 g/mol. The van der Waals surface area contributed by atoms with Gasteiger partial charge < -0.3 is 19.7 Å². The largest absolute Gasteiger partial charge is 0.474 e. The van der Waals surface area contributed by atoms with Crippen molar-refractivity contribution in [3.8, 4) is 5.88 Å². The second kappa shape index (κ2) is 7.75. The monoisotopic (exact) mass is 319 g/mol. The van der Waals surface area contributed by atoms with Crippen molar-refractivity contribution < 1.29 is 14.3 Å². The van der Waals surface area contributed by atoms with Crippen LogP contribution in [-0.2, 0) is 4.74 Å². The predicted molar refractivity (Wildman–Crippen MR) is 86.7 cm³/mol. The summed E-state index contributed by atoms with van der Waals surface area (Å²) < 4.78 is 11.4. The number of carbonyl (C=O) groups is 1. The van der Waals surface area contributed by atoms with Crippen molar-refractivity contribution in [3.05, 3.63) is 23.9 Å². The topological polar surface area (TPSA) is 63.7 Å². The van der Waals surface area contributed by atoms with Crippen molar-refractivity contribution in [2.75, 3.05) is 33.3 Å². The van der Waals surface area contributed by atoms with Crippen molar-refractivity contribution in [1.82, 2.24) is 15.2 Å². The van der Waals surface area contributed by atoms with E-state index in [1.807, 2.05) is 0 Å². The van der Waals surface area contributed by atoms with Crippen LogP contribution >= 0.6 is 0 Å². The Morgan fingerprint density at radius 3 is 2.96 bits per heavy atom. The number of ether oxygens (including phenoxy) is 2. The van der Waals surface area contributed by atoms with E-state index >= 15 is 0 Å². The van der Waals surface area contributed by atoms with Gasteiger partial charge in [0.15, 0.2) is 0 Å². The number of rotatable bonds is 5. The SMILES string of the molecule is CN1CCOC(CNC(=O)c2ccc(OC3CCCC3)nc2)C1. The molecule has 2 fully saturated rings. The molecule has 1 aromatic rings. The average molecular weight is 319 g/mol. The first-order valence-electron chi connectivity index (χ1n) is 8.42. The van der Waals surface area contributed by atoms with E-state index in [9.17, 15) is 4.79 Å². The number of nitrogens with zero attached hydrogens (tertiary/aromatic N) is 2. The molecule has 1 aliphatic heterocycles. The van der Waals surface area contributed by atoms with Gasteiger partial charge in [-0.2, -0.15) is 0 Å². The van der Waals surface area contributed by atoms with Crippen LogP contribution in [0.2, 0.25) is 0 Å². The van der Waals surface area contributed by atoms with Gasteiger partial charge in [0, 0.05) is 31.9 Å². The van der Waals surface area contributed by atoms with Gasteiger partial charge in [0.05, 0.1) is 18.3 Å². The summed E-state index contributed by atoms with van der Waals surface area (Å²) in [5, 5.41) is 2.91. The quantitative estimate of drug-likeness (QED) is 0.890. The number of likely N-dealkylation sites (N-methyl/N-ethyl adjacent to an activating group) is 1. The number of hydrogen-bond donors (Lipinski definition) is 1. The zero-order chi connectivity index (χ0) is 16.1. The lowest BCUT2D eigenvalue weighted by Crippen LogP contribution is -2.45. The molecule has 2 heterocycles. The Morgan fingerprint density at radius 2 is 2.26 bits per heavy atom. The van der Waals surface area contributed by atoms with Crippen LogP contribution in [0.15, 0.2) is 18.3 Å². The molecule has 1 amide bonds. The first-order valence-corrected chi connectivity index (χ1v) is 8.42. The third kappa shape index (κ3) is 4.65. The lowest BCUT2D eigenvalue weighted by Gasteiger charge is -2.30. The molecule has 23 heavy (non-hydrogen) atoms. The van der Waals surface area contributed by atoms with E-state index < -0.39 is 0 Å². The summed E-state index contributed by atoms with van der Waals surface area (Å²) in [7, 11) is 2.06. The van der Waals surface area contributed by atoms with E-state index in [-0.39, 0.29) is 18.1 Å². The van der Waals surface area contributed by atoms with Gasteiger partial charge in [-0.3, -0.25) is 4.79 Å². The standard InChI is InChI=1S/C17H25N3O3/c1-20-8-9-22-15(12-20)11-19-17(21)13-6-7-16(18-10-13)23-14-4-2-3-5-14/h6-7,10,14-15H,2-5,8-9,11-12H2,1H3,(H,19,21). The number of morpholine rings is 1. The summed E-state index contributed by atoms with van der Waals surface area (Å²) in [6.45, 7) is 3.01. The number of nitrogens with one attached hydrogen (secondary N) is 1. The van der Waals surface area contributed by atoms with E-state index in [1.54, 1.807) is 18.3 Å². The van der Waals surface area contributed by atoms with E-state index in [1.165, 1.54) is 12.8 Å². The molecule has 1 N–H and O–H groups in total. The van der Waals surface area contributed by atoms with Crippen LogP contribution in [0.1, 0.15) is 36.0 Å². The van der Waals surface area contributed by atoms with Gasteiger partial charge in [-0.25, -0.2) is 4.98 Å². The minimum Gasteiger partial charge on any atom is -0.474 e. The summed E-state index contributed by atoms with van der Waals surface area (Å²) >= 11 is 0. The third-order valence-corrected chi connectivity index (χ3v) is 4.42. The molecular formula is C17H25N3O3. The number of hydrogen-bond acceptors (Lipinski definition) is 5. The fraction of sp³-hybridized carbons (Fsp3) is 0.647. The average Bonchev–Trinajstić information content (AvgIpc) is 3.06. The summed E-state index contributed by atoms with van der Waals surface area (Å²) in [6.07, 6.45) is 6.55. The molecule has 6 nitrogen and oxygen atoms in total. The van der Waals surface area contributed by atoms with Gasteiger partial charge >= 0.3 is 0 Å². The Hall–Kier alpha value is -1.66. The Kier molecular flexibility index (Phi) is 5.46. The first-order chi connectivity index (χ1) is 11.2. The van der Waals surface area contributed by atoms with E-state index in [2.05, 4.69) is 22.2 Å². The van der Waals surface area contributed by atoms with Crippen LogP contribution in [-0.4, -0.2) is 61.3 Å². The third-order valence-electron chi connectivity index (χ3n) is 4.42. The Bertz CT molecular complexity index is 514. The van der Waals surface area contributed by atoms with Gasteiger partial charge in [-0.15, -0.1) is 0 Å². The van der Waals surface area contributed by atoms with Gasteiger partial charge in [0.25, 0.3) is 5.91 Å².